The van der Waals surface area contributed by atoms with Gasteiger partial charge in [-0.15, -0.1) is 0 Å². The molecule has 0 bridgehead atoms. The molecule has 2 aromatic rings. The predicted octanol–water partition coefficient (Wildman–Crippen LogP) is 1.45. The lowest BCUT2D eigenvalue weighted by atomic mass is 9.84. The first-order valence-corrected chi connectivity index (χ1v) is 9.83. The normalized spacial score (nSPS) is 23.3. The summed E-state index contributed by atoms with van der Waals surface area (Å²) in [6.45, 7) is 2.83. The number of nitrogens with one attached hydrogen (secondary N) is 2. The lowest BCUT2D eigenvalue weighted by Gasteiger charge is -2.44. The van der Waals surface area contributed by atoms with E-state index in [1.165, 1.54) is 0 Å². The van der Waals surface area contributed by atoms with E-state index in [1.807, 2.05) is 30.3 Å². The van der Waals surface area contributed by atoms with Crippen molar-refractivity contribution < 1.29 is 9.90 Å². The smallest absolute Gasteiger partial charge is 0.250 e. The van der Waals surface area contributed by atoms with E-state index < -0.39 is 5.54 Å². The Balaban J connectivity index is 1.31. The molecule has 3 N–H and O–H groups in total. The molecule has 1 amide bonds. The number of rotatable bonds is 2. The van der Waals surface area contributed by atoms with Gasteiger partial charge in [0.25, 0.3) is 0 Å². The zero-order valence-corrected chi connectivity index (χ0v) is 15.6. The van der Waals surface area contributed by atoms with Crippen LogP contribution >= 0.6 is 0 Å². The van der Waals surface area contributed by atoms with Gasteiger partial charge < -0.3 is 25.5 Å². The van der Waals surface area contributed by atoms with E-state index in [0.717, 1.165) is 30.2 Å². The highest BCUT2D eigenvalue weighted by Gasteiger charge is 2.44. The van der Waals surface area contributed by atoms with Crippen LogP contribution in [0.1, 0.15) is 19.3 Å². The molecule has 1 atom stereocenters. The Morgan fingerprint density at radius 2 is 1.86 bits per heavy atom. The SMILES string of the molecule is O=C1Nc2ccccc2NC12CCN(c1nccc(N3CC[C@@H](O)C3)n1)CC2. The van der Waals surface area contributed by atoms with E-state index >= 15 is 0 Å². The maximum atomic E-state index is 12.8. The van der Waals surface area contributed by atoms with E-state index in [-0.39, 0.29) is 12.0 Å². The van der Waals surface area contributed by atoms with Gasteiger partial charge in [-0.2, -0.15) is 4.98 Å². The van der Waals surface area contributed by atoms with Crippen LogP contribution in [0.2, 0.25) is 0 Å². The van der Waals surface area contributed by atoms with Gasteiger partial charge in [-0.25, -0.2) is 4.98 Å². The molecule has 1 aromatic carbocycles. The molecule has 28 heavy (non-hydrogen) atoms. The van der Waals surface area contributed by atoms with E-state index in [4.69, 9.17) is 4.98 Å². The van der Waals surface area contributed by atoms with E-state index in [9.17, 15) is 9.90 Å². The fourth-order valence-electron chi connectivity index (χ4n) is 4.32. The molecule has 4 heterocycles. The molecule has 3 aliphatic rings. The number of β-amino-alcohol motifs (C(OH)–C–C–N with tert-alkyl or cyclic N) is 1. The number of aliphatic hydroxyl groups is 1. The summed E-state index contributed by atoms with van der Waals surface area (Å²) >= 11 is 0. The molecule has 2 saturated heterocycles. The molecule has 0 unspecified atom stereocenters. The number of amides is 1. The van der Waals surface area contributed by atoms with Gasteiger partial charge in [0, 0.05) is 32.4 Å². The van der Waals surface area contributed by atoms with Crippen LogP contribution in [-0.2, 0) is 4.79 Å². The number of carbonyl (C=O) groups excluding carboxylic acids is 1. The van der Waals surface area contributed by atoms with Gasteiger partial charge in [0.2, 0.25) is 11.9 Å². The largest absolute Gasteiger partial charge is 0.391 e. The molecule has 0 aliphatic carbocycles. The van der Waals surface area contributed by atoms with Crippen LogP contribution < -0.4 is 20.4 Å². The summed E-state index contributed by atoms with van der Waals surface area (Å²) in [6.07, 6.45) is 3.63. The average molecular weight is 380 g/mol. The van der Waals surface area contributed by atoms with Crippen molar-refractivity contribution in [3.8, 4) is 0 Å². The Morgan fingerprint density at radius 1 is 1.07 bits per heavy atom. The molecular formula is C20H24N6O2. The molecule has 1 aromatic heterocycles. The fourth-order valence-corrected chi connectivity index (χ4v) is 4.32. The first kappa shape index (κ1) is 17.2. The number of hydrogen-bond acceptors (Lipinski definition) is 7. The molecule has 0 saturated carbocycles. The van der Waals surface area contributed by atoms with Gasteiger partial charge in [0.1, 0.15) is 11.4 Å². The van der Waals surface area contributed by atoms with Crippen molar-refractivity contribution in [1.82, 2.24) is 9.97 Å². The summed E-state index contributed by atoms with van der Waals surface area (Å²) < 4.78 is 0. The Morgan fingerprint density at radius 3 is 2.61 bits per heavy atom. The van der Waals surface area contributed by atoms with E-state index in [1.54, 1.807) is 6.20 Å². The summed E-state index contributed by atoms with van der Waals surface area (Å²) in [5.74, 6) is 1.57. The van der Waals surface area contributed by atoms with Gasteiger partial charge in [-0.05, 0) is 37.5 Å². The zero-order chi connectivity index (χ0) is 19.1. The van der Waals surface area contributed by atoms with Crippen LogP contribution in [0.5, 0.6) is 0 Å². The highest BCUT2D eigenvalue weighted by atomic mass is 16.3. The van der Waals surface area contributed by atoms with Crippen LogP contribution in [0.3, 0.4) is 0 Å². The number of hydrogen-bond donors (Lipinski definition) is 3. The maximum absolute atomic E-state index is 12.8. The molecule has 8 heteroatoms. The Hall–Kier alpha value is -2.87. The van der Waals surface area contributed by atoms with Gasteiger partial charge in [0.15, 0.2) is 0 Å². The lowest BCUT2D eigenvalue weighted by Crippen LogP contribution is -2.58. The number of piperidine rings is 1. The maximum Gasteiger partial charge on any atom is 0.250 e. The quantitative estimate of drug-likeness (QED) is 0.726. The molecule has 5 rings (SSSR count). The van der Waals surface area contributed by atoms with Crippen molar-refractivity contribution in [2.45, 2.75) is 30.9 Å². The minimum absolute atomic E-state index is 0.0339. The van der Waals surface area contributed by atoms with E-state index in [2.05, 4.69) is 25.4 Å². The van der Waals surface area contributed by atoms with E-state index in [0.29, 0.717) is 38.4 Å². The molecule has 3 aliphatic heterocycles. The van der Waals surface area contributed by atoms with Gasteiger partial charge >= 0.3 is 0 Å². The number of fused-ring (bicyclic) bond motifs is 1. The van der Waals surface area contributed by atoms with Crippen LogP contribution in [-0.4, -0.2) is 58.8 Å². The van der Waals surface area contributed by atoms with Crippen LogP contribution in [0.4, 0.5) is 23.1 Å². The molecule has 8 nitrogen and oxygen atoms in total. The first-order chi connectivity index (χ1) is 13.6. The highest BCUT2D eigenvalue weighted by Crippen LogP contribution is 2.36. The van der Waals surface area contributed by atoms with Crippen LogP contribution in [0.25, 0.3) is 0 Å². The van der Waals surface area contributed by atoms with Crippen molar-refractivity contribution in [1.29, 1.82) is 0 Å². The second-order valence-corrected chi connectivity index (χ2v) is 7.80. The number of anilines is 4. The second kappa shape index (κ2) is 6.63. The topological polar surface area (TPSA) is 93.6 Å². The summed E-state index contributed by atoms with van der Waals surface area (Å²) in [5.41, 5.74) is 1.23. The third kappa shape index (κ3) is 2.93. The minimum Gasteiger partial charge on any atom is -0.391 e. The number of para-hydroxylation sites is 2. The van der Waals surface area contributed by atoms with Gasteiger partial charge in [0.05, 0.1) is 17.5 Å². The summed E-state index contributed by atoms with van der Waals surface area (Å²) in [6, 6.07) is 9.70. The number of benzene rings is 1. The Labute approximate surface area is 163 Å². The molecule has 1 spiro atoms. The molecule has 2 fully saturated rings. The summed E-state index contributed by atoms with van der Waals surface area (Å²) in [4.78, 5) is 26.2. The van der Waals surface area contributed by atoms with Crippen molar-refractivity contribution in [3.05, 3.63) is 36.5 Å². The molecule has 0 radical (unpaired) electrons. The first-order valence-electron chi connectivity index (χ1n) is 9.83. The van der Waals surface area contributed by atoms with Crippen molar-refractivity contribution in [2.75, 3.05) is 46.6 Å². The number of carbonyl (C=O) groups is 1. The highest BCUT2D eigenvalue weighted by molar-refractivity contribution is 6.06. The lowest BCUT2D eigenvalue weighted by molar-refractivity contribution is -0.121. The molecule has 146 valence electrons. The average Bonchev–Trinajstić information content (AvgIpc) is 3.16. The minimum atomic E-state index is -0.582. The monoisotopic (exact) mass is 380 g/mol. The number of nitrogens with zero attached hydrogens (tertiary/aromatic N) is 4. The van der Waals surface area contributed by atoms with Crippen molar-refractivity contribution >= 4 is 29.0 Å². The van der Waals surface area contributed by atoms with Crippen LogP contribution in [0.15, 0.2) is 36.5 Å². The second-order valence-electron chi connectivity index (χ2n) is 7.80. The Bertz CT molecular complexity index is 896. The Kier molecular flexibility index (Phi) is 4.08. The van der Waals surface area contributed by atoms with Crippen molar-refractivity contribution in [3.63, 3.8) is 0 Å². The third-order valence-electron chi connectivity index (χ3n) is 6.00. The fraction of sp³-hybridized carbons (Fsp3) is 0.450. The summed E-state index contributed by atoms with van der Waals surface area (Å²) in [7, 11) is 0. The zero-order valence-electron chi connectivity index (χ0n) is 15.6. The van der Waals surface area contributed by atoms with Gasteiger partial charge in [-0.3, -0.25) is 4.79 Å². The third-order valence-corrected chi connectivity index (χ3v) is 6.00. The predicted molar refractivity (Wildman–Crippen MR) is 108 cm³/mol. The number of aromatic nitrogens is 2. The number of aliphatic hydroxyl groups excluding tert-OH is 1. The van der Waals surface area contributed by atoms with Crippen LogP contribution in [0, 0.1) is 0 Å². The molecular weight excluding hydrogens is 356 g/mol. The van der Waals surface area contributed by atoms with Gasteiger partial charge in [-0.1, -0.05) is 12.1 Å². The summed E-state index contributed by atoms with van der Waals surface area (Å²) in [5, 5.41) is 16.3. The van der Waals surface area contributed by atoms with Crippen molar-refractivity contribution in [2.24, 2.45) is 0 Å². The standard InChI is InChI=1S/C20H24N6O2/c27-14-6-10-26(13-14)17-5-9-21-19(23-17)25-11-7-20(8-12-25)18(28)22-15-3-1-2-4-16(15)24-20/h1-5,9,14,24,27H,6-8,10-13H2,(H,22,28)/t14-/m1/s1.